The molecule has 1 amide bonds. The van der Waals surface area contributed by atoms with Gasteiger partial charge in [0.05, 0.1) is 41.7 Å². The van der Waals surface area contributed by atoms with Gasteiger partial charge in [-0.1, -0.05) is 17.4 Å². The van der Waals surface area contributed by atoms with Crippen LogP contribution in [0.1, 0.15) is 26.6 Å². The van der Waals surface area contributed by atoms with E-state index < -0.39 is 0 Å². The van der Waals surface area contributed by atoms with Crippen LogP contribution in [0.4, 0.5) is 0 Å². The third-order valence-electron chi connectivity index (χ3n) is 6.05. The van der Waals surface area contributed by atoms with E-state index in [9.17, 15) is 10.1 Å². The van der Waals surface area contributed by atoms with Crippen molar-refractivity contribution < 1.29 is 14.3 Å². The van der Waals surface area contributed by atoms with E-state index in [1.807, 2.05) is 42.8 Å². The summed E-state index contributed by atoms with van der Waals surface area (Å²) in [5.74, 6) is 1.07. The van der Waals surface area contributed by atoms with Crippen LogP contribution in [-0.4, -0.2) is 44.6 Å². The van der Waals surface area contributed by atoms with Gasteiger partial charge in [-0.3, -0.25) is 4.79 Å². The number of nitrogens with one attached hydrogen (secondary N) is 1. The predicted octanol–water partition coefficient (Wildman–Crippen LogP) is 5.51. The fourth-order valence-electron chi connectivity index (χ4n) is 4.19. The molecule has 0 spiro atoms. The second kappa shape index (κ2) is 10.6. The smallest absolute Gasteiger partial charge is 0.251 e. The van der Waals surface area contributed by atoms with Gasteiger partial charge in [0.2, 0.25) is 4.96 Å². The van der Waals surface area contributed by atoms with Gasteiger partial charge in [-0.15, -0.1) is 22.7 Å². The first-order valence-electron chi connectivity index (χ1n) is 12.1. The van der Waals surface area contributed by atoms with Crippen LogP contribution in [-0.2, 0) is 13.0 Å². The summed E-state index contributed by atoms with van der Waals surface area (Å²) in [7, 11) is 3.18. The van der Waals surface area contributed by atoms with Gasteiger partial charge >= 0.3 is 0 Å². The van der Waals surface area contributed by atoms with Crippen LogP contribution >= 0.6 is 34.0 Å². The Morgan fingerprint density at radius 1 is 1.15 bits per heavy atom. The van der Waals surface area contributed by atoms with E-state index in [-0.39, 0.29) is 18.9 Å². The largest absolute Gasteiger partial charge is 0.497 e. The minimum atomic E-state index is -0.222. The first-order valence-corrected chi connectivity index (χ1v) is 14.6. The summed E-state index contributed by atoms with van der Waals surface area (Å²) < 4.78 is 14.4. The number of benzene rings is 2. The van der Waals surface area contributed by atoms with Crippen molar-refractivity contribution in [3.05, 3.63) is 63.7 Å². The maximum absolute atomic E-state index is 12.2. The first kappa shape index (κ1) is 25.9. The highest BCUT2D eigenvalue weighted by Crippen LogP contribution is 2.39. The zero-order chi connectivity index (χ0) is 27.8. The van der Waals surface area contributed by atoms with E-state index in [1.165, 1.54) is 34.0 Å². The summed E-state index contributed by atoms with van der Waals surface area (Å²) in [4.78, 5) is 27.2. The number of carbonyl (C=O) groups excluding carboxylic acids is 1. The van der Waals surface area contributed by atoms with E-state index in [4.69, 9.17) is 19.4 Å². The Hall–Kier alpha value is -4.38. The molecule has 2 aromatic carbocycles. The molecule has 0 fully saturated rings. The van der Waals surface area contributed by atoms with Crippen molar-refractivity contribution in [2.45, 2.75) is 20.0 Å². The van der Waals surface area contributed by atoms with E-state index >= 15 is 0 Å². The highest BCUT2D eigenvalue weighted by molar-refractivity contribution is 7.22. The Bertz CT molecular complexity index is 1900. The van der Waals surface area contributed by atoms with Gasteiger partial charge in [-0.05, 0) is 24.6 Å². The molecule has 0 aliphatic rings. The summed E-state index contributed by atoms with van der Waals surface area (Å²) >= 11 is 4.51. The zero-order valence-electron chi connectivity index (χ0n) is 21.6. The average Bonchev–Trinajstić information content (AvgIpc) is 3.74. The number of aromatic nitrogens is 5. The zero-order valence-corrected chi connectivity index (χ0v) is 24.0. The molecule has 4 aromatic heterocycles. The number of imidazole rings is 1. The lowest BCUT2D eigenvalue weighted by Crippen LogP contribution is -2.19. The molecule has 0 aliphatic carbocycles. The van der Waals surface area contributed by atoms with Crippen LogP contribution < -0.4 is 14.8 Å². The lowest BCUT2D eigenvalue weighted by atomic mass is 10.0. The Labute approximate surface area is 240 Å². The molecule has 4 heterocycles. The van der Waals surface area contributed by atoms with E-state index in [0.29, 0.717) is 22.6 Å². The van der Waals surface area contributed by atoms with Gasteiger partial charge in [-0.2, -0.15) is 10.4 Å². The van der Waals surface area contributed by atoms with Gasteiger partial charge < -0.3 is 14.8 Å². The van der Waals surface area contributed by atoms with Gasteiger partial charge in [0.1, 0.15) is 38.8 Å². The monoisotopic (exact) mass is 587 g/mol. The maximum atomic E-state index is 12.2. The van der Waals surface area contributed by atoms with Crippen LogP contribution in [0.25, 0.3) is 36.5 Å². The van der Waals surface area contributed by atoms with Crippen LogP contribution in [0.2, 0.25) is 0 Å². The van der Waals surface area contributed by atoms with E-state index in [2.05, 4.69) is 21.5 Å². The van der Waals surface area contributed by atoms with Gasteiger partial charge in [-0.25, -0.2) is 19.5 Å². The maximum Gasteiger partial charge on any atom is 0.251 e. The van der Waals surface area contributed by atoms with Crippen molar-refractivity contribution >= 4 is 55.1 Å². The van der Waals surface area contributed by atoms with Crippen LogP contribution in [0, 0.1) is 18.3 Å². The second-order valence-electron chi connectivity index (χ2n) is 8.69. The summed E-state index contributed by atoms with van der Waals surface area (Å²) in [6.07, 6.45) is 2.02. The number of aryl methyl sites for hydroxylation is 1. The summed E-state index contributed by atoms with van der Waals surface area (Å²) in [6.45, 7) is 2.20. The van der Waals surface area contributed by atoms with Crippen molar-refractivity contribution in [1.29, 1.82) is 5.26 Å². The lowest BCUT2D eigenvalue weighted by Gasteiger charge is -2.08. The molecule has 0 bridgehead atoms. The number of ether oxygens (including phenoxy) is 2. The predicted molar refractivity (Wildman–Crippen MR) is 155 cm³/mol. The number of hydrogen-bond donors (Lipinski definition) is 1. The highest BCUT2D eigenvalue weighted by atomic mass is 32.1. The molecule has 0 atom stereocenters. The fourth-order valence-corrected chi connectivity index (χ4v) is 6.68. The summed E-state index contributed by atoms with van der Waals surface area (Å²) in [6, 6.07) is 11.3. The molecular weight excluding hydrogens is 567 g/mol. The molecule has 6 rings (SSSR count). The average molecular weight is 588 g/mol. The van der Waals surface area contributed by atoms with E-state index in [1.54, 1.807) is 24.7 Å². The number of amides is 1. The minimum Gasteiger partial charge on any atom is -0.497 e. The molecule has 40 heavy (non-hydrogen) atoms. The van der Waals surface area contributed by atoms with Gasteiger partial charge in [0.25, 0.3) is 5.91 Å². The Morgan fingerprint density at radius 3 is 2.80 bits per heavy atom. The van der Waals surface area contributed by atoms with Crippen molar-refractivity contribution in [1.82, 2.24) is 29.9 Å². The van der Waals surface area contributed by atoms with Crippen molar-refractivity contribution in [2.24, 2.45) is 0 Å². The number of thiazole rings is 2. The molecule has 0 radical (unpaired) electrons. The number of methoxy groups -OCH3 is 1. The topological polar surface area (TPSA) is 127 Å². The quantitative estimate of drug-likeness (QED) is 0.247. The third kappa shape index (κ3) is 4.88. The third-order valence-corrected chi connectivity index (χ3v) is 8.94. The summed E-state index contributed by atoms with van der Waals surface area (Å²) in [5.41, 5.74) is 4.27. The van der Waals surface area contributed by atoms with Crippen molar-refractivity contribution in [3.63, 3.8) is 0 Å². The van der Waals surface area contributed by atoms with Gasteiger partial charge in [0.15, 0.2) is 0 Å². The van der Waals surface area contributed by atoms with Crippen LogP contribution in [0.3, 0.4) is 0 Å². The van der Waals surface area contributed by atoms with Crippen molar-refractivity contribution in [2.75, 3.05) is 14.2 Å². The SMILES string of the molecule is CNC(=O)c1ccc(-c2nc(COc3cc(OC)cc4nc(-c5cn6nc(C)sc6n5)sc34)cs2)cc1CC#N. The Balaban J connectivity index is 1.26. The Kier molecular flexibility index (Phi) is 6.89. The molecule has 0 saturated carbocycles. The lowest BCUT2D eigenvalue weighted by molar-refractivity contribution is 0.0962. The van der Waals surface area contributed by atoms with Crippen LogP contribution in [0.5, 0.6) is 11.5 Å². The molecule has 200 valence electrons. The summed E-state index contributed by atoms with van der Waals surface area (Å²) in [5, 5.41) is 20.7. The highest BCUT2D eigenvalue weighted by Gasteiger charge is 2.18. The molecule has 1 N–H and O–H groups in total. The molecule has 6 aromatic rings. The van der Waals surface area contributed by atoms with Gasteiger partial charge in [0, 0.05) is 35.7 Å². The number of hydrogen-bond acceptors (Lipinski definition) is 11. The standard InChI is InChI=1S/C27H21N7O3S3/c1-14-33-34-11-21(32-27(34)39-14)26-31-20-9-18(36-3)10-22(23(20)40-26)37-12-17-13-38-25(30-17)16-4-5-19(24(35)29-2)15(8-16)6-7-28/h4-5,8-11,13H,6,12H2,1-3H3,(H,29,35). The molecule has 0 saturated heterocycles. The second-order valence-corrected chi connectivity index (χ2v) is 11.7. The molecule has 0 unspecified atom stereocenters. The molecule has 0 aliphatic heterocycles. The van der Waals surface area contributed by atoms with E-state index in [0.717, 1.165) is 47.2 Å². The Morgan fingerprint density at radius 2 is 2.02 bits per heavy atom. The number of nitriles is 1. The van der Waals surface area contributed by atoms with Crippen molar-refractivity contribution in [3.8, 4) is 38.8 Å². The molecule has 13 heteroatoms. The number of rotatable bonds is 8. The molecule has 10 nitrogen and oxygen atoms in total. The normalized spacial score (nSPS) is 11.2. The number of carbonyl (C=O) groups is 1. The van der Waals surface area contributed by atoms with Crippen LogP contribution in [0.15, 0.2) is 41.9 Å². The fraction of sp³-hybridized carbons (Fsp3) is 0.185. The minimum absolute atomic E-state index is 0.133. The molecular formula is C27H21N7O3S3. The first-order chi connectivity index (χ1) is 19.4. The number of nitrogens with zero attached hydrogens (tertiary/aromatic N) is 6. The number of fused-ring (bicyclic) bond motifs is 2.